The van der Waals surface area contributed by atoms with Crippen LogP contribution in [-0.4, -0.2) is 29.9 Å². The molecule has 0 saturated carbocycles. The first-order valence-electron chi connectivity index (χ1n) is 5.16. The highest BCUT2D eigenvalue weighted by atomic mass is 15.3. The van der Waals surface area contributed by atoms with Gasteiger partial charge in [0.05, 0.1) is 11.6 Å². The number of nitrogens with zero attached hydrogens (tertiary/aromatic N) is 5. The number of aromatic amines is 1. The maximum atomic E-state index is 4.20. The summed E-state index contributed by atoms with van der Waals surface area (Å²) in [7, 11) is 1.85. The Balaban J connectivity index is 2.05. The van der Waals surface area contributed by atoms with Crippen LogP contribution in [-0.2, 0) is 7.05 Å². The Kier molecular flexibility index (Phi) is 2.04. The Morgan fingerprint density at radius 3 is 3.00 bits per heavy atom. The maximum Gasteiger partial charge on any atom is 0.163 e. The van der Waals surface area contributed by atoms with Crippen LogP contribution in [0.1, 0.15) is 5.69 Å². The maximum absolute atomic E-state index is 4.20. The van der Waals surface area contributed by atoms with Crippen LogP contribution in [0.2, 0.25) is 0 Å². The van der Waals surface area contributed by atoms with Gasteiger partial charge in [-0.05, 0) is 6.92 Å². The molecule has 0 aromatic carbocycles. The second-order valence-electron chi connectivity index (χ2n) is 3.79. The smallest absolute Gasteiger partial charge is 0.163 e. The number of aryl methyl sites for hydroxylation is 2. The van der Waals surface area contributed by atoms with E-state index in [0.29, 0.717) is 5.82 Å². The zero-order valence-corrected chi connectivity index (χ0v) is 9.47. The lowest BCUT2D eigenvalue weighted by atomic mass is 10.4. The van der Waals surface area contributed by atoms with Gasteiger partial charge < -0.3 is 5.32 Å². The van der Waals surface area contributed by atoms with E-state index in [2.05, 4.69) is 30.6 Å². The normalized spacial score (nSPS) is 10.9. The van der Waals surface area contributed by atoms with Crippen LogP contribution in [0.5, 0.6) is 0 Å². The van der Waals surface area contributed by atoms with Crippen LogP contribution in [0.4, 0.5) is 11.6 Å². The number of hydrogen-bond donors (Lipinski definition) is 2. The molecule has 7 heteroatoms. The van der Waals surface area contributed by atoms with Crippen LogP contribution in [0.3, 0.4) is 0 Å². The van der Waals surface area contributed by atoms with E-state index in [9.17, 15) is 0 Å². The summed E-state index contributed by atoms with van der Waals surface area (Å²) < 4.78 is 1.71. The topological polar surface area (TPSA) is 84.3 Å². The summed E-state index contributed by atoms with van der Waals surface area (Å²) in [5.41, 5.74) is 1.78. The molecular formula is C10H11N7. The summed E-state index contributed by atoms with van der Waals surface area (Å²) in [6.45, 7) is 1.94. The van der Waals surface area contributed by atoms with Gasteiger partial charge in [-0.3, -0.25) is 9.78 Å². The third-order valence-corrected chi connectivity index (χ3v) is 2.48. The highest BCUT2D eigenvalue weighted by Crippen LogP contribution is 2.21. The first-order valence-corrected chi connectivity index (χ1v) is 5.16. The van der Waals surface area contributed by atoms with Gasteiger partial charge in [-0.2, -0.15) is 10.2 Å². The molecule has 17 heavy (non-hydrogen) atoms. The SMILES string of the molecule is Cc1cc(Nc2ncnc3c2cnn3C)n[nH]1. The number of rotatable bonds is 2. The van der Waals surface area contributed by atoms with Crippen LogP contribution in [0.15, 0.2) is 18.6 Å². The summed E-state index contributed by atoms with van der Waals surface area (Å²) in [4.78, 5) is 8.36. The minimum Gasteiger partial charge on any atom is -0.323 e. The lowest BCUT2D eigenvalue weighted by Gasteiger charge is -2.02. The molecule has 86 valence electrons. The second kappa shape index (κ2) is 3.55. The molecule has 0 aliphatic heterocycles. The van der Waals surface area contributed by atoms with Crippen molar-refractivity contribution in [3.8, 4) is 0 Å². The van der Waals surface area contributed by atoms with Crippen LogP contribution < -0.4 is 5.32 Å². The molecule has 0 saturated heterocycles. The predicted molar refractivity (Wildman–Crippen MR) is 62.9 cm³/mol. The molecule has 0 aliphatic rings. The number of nitrogens with one attached hydrogen (secondary N) is 2. The van der Waals surface area contributed by atoms with Crippen molar-refractivity contribution in [1.82, 2.24) is 29.9 Å². The number of fused-ring (bicyclic) bond motifs is 1. The van der Waals surface area contributed by atoms with Crippen LogP contribution in [0, 0.1) is 6.92 Å². The van der Waals surface area contributed by atoms with E-state index in [1.54, 1.807) is 10.9 Å². The first kappa shape index (κ1) is 9.76. The molecule has 3 aromatic heterocycles. The van der Waals surface area contributed by atoms with Gasteiger partial charge in [0.1, 0.15) is 12.1 Å². The lowest BCUT2D eigenvalue weighted by molar-refractivity contribution is 0.785. The fourth-order valence-electron chi connectivity index (χ4n) is 1.67. The molecule has 0 unspecified atom stereocenters. The van der Waals surface area contributed by atoms with Crippen LogP contribution in [0.25, 0.3) is 11.0 Å². The van der Waals surface area contributed by atoms with Gasteiger partial charge in [-0.1, -0.05) is 0 Å². The Morgan fingerprint density at radius 2 is 2.24 bits per heavy atom. The minimum absolute atomic E-state index is 0.703. The standard InChI is InChI=1S/C10H11N7/c1-6-3-8(16-15-6)14-9-7-4-13-17(2)10(7)12-5-11-9/h3-5H,1-2H3,(H2,11,12,14,15,16). The van der Waals surface area contributed by atoms with E-state index < -0.39 is 0 Å². The summed E-state index contributed by atoms with van der Waals surface area (Å²) >= 11 is 0. The molecule has 0 spiro atoms. The third-order valence-electron chi connectivity index (χ3n) is 2.48. The number of H-pyrrole nitrogens is 1. The van der Waals surface area contributed by atoms with Crippen molar-refractivity contribution in [2.45, 2.75) is 6.92 Å². The number of hydrogen-bond acceptors (Lipinski definition) is 5. The molecule has 3 rings (SSSR count). The Labute approximate surface area is 96.9 Å². The van der Waals surface area contributed by atoms with Gasteiger partial charge in [0, 0.05) is 18.8 Å². The quantitative estimate of drug-likeness (QED) is 0.688. The molecule has 0 fully saturated rings. The molecule has 0 amide bonds. The molecule has 3 aromatic rings. The summed E-state index contributed by atoms with van der Waals surface area (Å²) in [5, 5.41) is 15.1. The van der Waals surface area contributed by atoms with Gasteiger partial charge in [-0.15, -0.1) is 0 Å². The number of anilines is 2. The van der Waals surface area contributed by atoms with E-state index in [1.807, 2.05) is 20.0 Å². The average Bonchev–Trinajstić information content (AvgIpc) is 2.88. The number of aromatic nitrogens is 6. The second-order valence-corrected chi connectivity index (χ2v) is 3.79. The molecule has 0 aliphatic carbocycles. The Hall–Kier alpha value is -2.44. The summed E-state index contributed by atoms with van der Waals surface area (Å²) in [6, 6.07) is 1.91. The monoisotopic (exact) mass is 229 g/mol. The molecule has 7 nitrogen and oxygen atoms in total. The fraction of sp³-hybridized carbons (Fsp3) is 0.200. The molecule has 0 atom stereocenters. The minimum atomic E-state index is 0.703. The zero-order valence-electron chi connectivity index (χ0n) is 9.47. The van der Waals surface area contributed by atoms with Crippen molar-refractivity contribution in [1.29, 1.82) is 0 Å². The van der Waals surface area contributed by atoms with Crippen molar-refractivity contribution in [2.24, 2.45) is 7.05 Å². The first-order chi connectivity index (χ1) is 8.24. The van der Waals surface area contributed by atoms with E-state index >= 15 is 0 Å². The zero-order chi connectivity index (χ0) is 11.8. The predicted octanol–water partition coefficient (Wildman–Crippen LogP) is 1.14. The van der Waals surface area contributed by atoms with Crippen molar-refractivity contribution >= 4 is 22.7 Å². The van der Waals surface area contributed by atoms with Gasteiger partial charge in [-0.25, -0.2) is 9.97 Å². The molecule has 2 N–H and O–H groups in total. The van der Waals surface area contributed by atoms with Gasteiger partial charge in [0.25, 0.3) is 0 Å². The Morgan fingerprint density at radius 1 is 1.35 bits per heavy atom. The molecule has 0 radical (unpaired) electrons. The van der Waals surface area contributed by atoms with E-state index in [0.717, 1.165) is 22.5 Å². The largest absolute Gasteiger partial charge is 0.323 e. The van der Waals surface area contributed by atoms with Crippen molar-refractivity contribution in [3.05, 3.63) is 24.3 Å². The van der Waals surface area contributed by atoms with E-state index in [4.69, 9.17) is 0 Å². The van der Waals surface area contributed by atoms with Crippen molar-refractivity contribution in [3.63, 3.8) is 0 Å². The summed E-state index contributed by atoms with van der Waals surface area (Å²) in [5.74, 6) is 1.43. The van der Waals surface area contributed by atoms with Crippen molar-refractivity contribution < 1.29 is 0 Å². The molecule has 0 bridgehead atoms. The molecular weight excluding hydrogens is 218 g/mol. The molecule has 3 heterocycles. The lowest BCUT2D eigenvalue weighted by Crippen LogP contribution is -1.97. The summed E-state index contributed by atoms with van der Waals surface area (Å²) in [6.07, 6.45) is 3.24. The van der Waals surface area contributed by atoms with Crippen molar-refractivity contribution in [2.75, 3.05) is 5.32 Å². The van der Waals surface area contributed by atoms with E-state index in [-0.39, 0.29) is 0 Å². The van der Waals surface area contributed by atoms with Gasteiger partial charge in [0.15, 0.2) is 11.5 Å². The third kappa shape index (κ3) is 1.61. The highest BCUT2D eigenvalue weighted by Gasteiger charge is 2.08. The van der Waals surface area contributed by atoms with Gasteiger partial charge in [0.2, 0.25) is 0 Å². The highest BCUT2D eigenvalue weighted by molar-refractivity contribution is 5.87. The van der Waals surface area contributed by atoms with Crippen LogP contribution >= 0.6 is 0 Å². The van der Waals surface area contributed by atoms with E-state index in [1.165, 1.54) is 6.33 Å². The van der Waals surface area contributed by atoms with Gasteiger partial charge >= 0.3 is 0 Å². The Bertz CT molecular complexity index is 666. The average molecular weight is 229 g/mol. The fourth-order valence-corrected chi connectivity index (χ4v) is 1.67.